The fourth-order valence-corrected chi connectivity index (χ4v) is 3.01. The maximum Gasteiger partial charge on any atom is 0.327 e. The number of nitrogens with zero attached hydrogens (tertiary/aromatic N) is 2. The van der Waals surface area contributed by atoms with Gasteiger partial charge in [0.1, 0.15) is 0 Å². The highest BCUT2D eigenvalue weighted by molar-refractivity contribution is 5.30. The molecule has 0 unspecified atom stereocenters. The molecule has 3 nitrogen and oxygen atoms in total. The van der Waals surface area contributed by atoms with E-state index in [0.717, 1.165) is 6.54 Å². The van der Waals surface area contributed by atoms with Crippen molar-refractivity contribution >= 4 is 0 Å². The molecule has 3 heteroatoms. The summed E-state index contributed by atoms with van der Waals surface area (Å²) in [5.41, 5.74) is 2.91. The Bertz CT molecular complexity index is 630. The zero-order valence-corrected chi connectivity index (χ0v) is 11.6. The van der Waals surface area contributed by atoms with Crippen molar-refractivity contribution in [1.29, 1.82) is 0 Å². The normalized spacial score (nSPS) is 17.2. The van der Waals surface area contributed by atoms with E-state index in [4.69, 9.17) is 0 Å². The van der Waals surface area contributed by atoms with Gasteiger partial charge in [-0.15, -0.1) is 0 Å². The molecule has 3 rings (SSSR count). The van der Waals surface area contributed by atoms with Crippen molar-refractivity contribution in [2.24, 2.45) is 7.05 Å². The van der Waals surface area contributed by atoms with Crippen LogP contribution in [0.15, 0.2) is 41.5 Å². The first kappa shape index (κ1) is 12.3. The Labute approximate surface area is 113 Å². The lowest BCUT2D eigenvalue weighted by Crippen LogP contribution is -2.41. The molecule has 0 atom stereocenters. The quantitative estimate of drug-likeness (QED) is 0.829. The number of aromatic nitrogens is 2. The topological polar surface area (TPSA) is 26.9 Å². The van der Waals surface area contributed by atoms with Crippen molar-refractivity contribution in [1.82, 2.24) is 9.13 Å². The Balaban J connectivity index is 1.93. The molecule has 1 aromatic carbocycles. The van der Waals surface area contributed by atoms with Gasteiger partial charge in [-0.05, 0) is 25.3 Å². The first-order chi connectivity index (χ1) is 9.11. The van der Waals surface area contributed by atoms with Crippen molar-refractivity contribution in [3.05, 3.63) is 58.3 Å². The third-order valence-corrected chi connectivity index (χ3v) is 4.47. The molecule has 1 aliphatic rings. The molecule has 0 N–H and O–H groups in total. The summed E-state index contributed by atoms with van der Waals surface area (Å²) in [5, 5.41) is 0. The van der Waals surface area contributed by atoms with E-state index in [0.29, 0.717) is 0 Å². The van der Waals surface area contributed by atoms with Crippen molar-refractivity contribution in [2.45, 2.75) is 38.1 Å². The van der Waals surface area contributed by atoms with Gasteiger partial charge in [-0.25, -0.2) is 4.79 Å². The predicted molar refractivity (Wildman–Crippen MR) is 76.4 cm³/mol. The summed E-state index contributed by atoms with van der Waals surface area (Å²) < 4.78 is 3.49. The van der Waals surface area contributed by atoms with E-state index in [2.05, 4.69) is 31.2 Å². The molecular formula is C16H20N2O. The van der Waals surface area contributed by atoms with Gasteiger partial charge in [-0.1, -0.05) is 36.2 Å². The van der Waals surface area contributed by atoms with Gasteiger partial charge in [0.05, 0.1) is 0 Å². The van der Waals surface area contributed by atoms with Crippen LogP contribution in [-0.4, -0.2) is 9.13 Å². The Morgan fingerprint density at radius 1 is 1.16 bits per heavy atom. The second-order valence-electron chi connectivity index (χ2n) is 5.82. The molecule has 0 amide bonds. The van der Waals surface area contributed by atoms with E-state index in [1.807, 2.05) is 17.0 Å². The van der Waals surface area contributed by atoms with Crippen LogP contribution >= 0.6 is 0 Å². The van der Waals surface area contributed by atoms with Crippen LogP contribution < -0.4 is 5.69 Å². The third kappa shape index (κ3) is 2.03. The molecule has 100 valence electrons. The monoisotopic (exact) mass is 256 g/mol. The standard InChI is InChI=1S/C16H20N2O/c1-13-4-6-14(7-5-13)16(8-3-9-16)12-18-11-10-17(2)15(18)19/h4-7,10-11H,3,8-9,12H2,1-2H3. The van der Waals surface area contributed by atoms with E-state index in [-0.39, 0.29) is 11.1 Å². The maximum atomic E-state index is 12.0. The van der Waals surface area contributed by atoms with Gasteiger partial charge in [0.2, 0.25) is 0 Å². The predicted octanol–water partition coefficient (Wildman–Crippen LogP) is 2.62. The van der Waals surface area contributed by atoms with Gasteiger partial charge in [0, 0.05) is 31.4 Å². The van der Waals surface area contributed by atoms with E-state index in [9.17, 15) is 4.79 Å². The summed E-state index contributed by atoms with van der Waals surface area (Å²) >= 11 is 0. The number of hydrogen-bond acceptors (Lipinski definition) is 1. The van der Waals surface area contributed by atoms with Crippen LogP contribution in [0.4, 0.5) is 0 Å². The first-order valence-electron chi connectivity index (χ1n) is 6.90. The molecule has 2 aromatic rings. The first-order valence-corrected chi connectivity index (χ1v) is 6.90. The summed E-state index contributed by atoms with van der Waals surface area (Å²) in [6.45, 7) is 2.91. The third-order valence-electron chi connectivity index (χ3n) is 4.47. The van der Waals surface area contributed by atoms with Gasteiger partial charge in [0.15, 0.2) is 0 Å². The number of imidazole rings is 1. The highest BCUT2D eigenvalue weighted by Crippen LogP contribution is 2.44. The Hall–Kier alpha value is -1.77. The molecule has 1 fully saturated rings. The molecule has 19 heavy (non-hydrogen) atoms. The summed E-state index contributed by atoms with van der Waals surface area (Å²) in [4.78, 5) is 12.0. The van der Waals surface area contributed by atoms with Crippen LogP contribution in [0, 0.1) is 6.92 Å². The molecule has 0 saturated heterocycles. The van der Waals surface area contributed by atoms with Crippen molar-refractivity contribution in [2.75, 3.05) is 0 Å². The van der Waals surface area contributed by atoms with Crippen LogP contribution in [0.2, 0.25) is 0 Å². The van der Waals surface area contributed by atoms with Crippen molar-refractivity contribution in [3.8, 4) is 0 Å². The summed E-state index contributed by atoms with van der Waals surface area (Å²) in [7, 11) is 1.80. The van der Waals surface area contributed by atoms with Gasteiger partial charge in [-0.2, -0.15) is 0 Å². The molecule has 1 aromatic heterocycles. The maximum absolute atomic E-state index is 12.0. The summed E-state index contributed by atoms with van der Waals surface area (Å²) in [6, 6.07) is 8.79. The van der Waals surface area contributed by atoms with Crippen LogP contribution in [0.1, 0.15) is 30.4 Å². The second kappa shape index (κ2) is 4.41. The lowest BCUT2D eigenvalue weighted by Gasteiger charge is -2.42. The zero-order chi connectivity index (χ0) is 13.5. The number of aryl methyl sites for hydroxylation is 2. The van der Waals surface area contributed by atoms with Gasteiger partial charge < -0.3 is 4.57 Å². The fraction of sp³-hybridized carbons (Fsp3) is 0.438. The Morgan fingerprint density at radius 3 is 2.32 bits per heavy atom. The van der Waals surface area contributed by atoms with Crippen molar-refractivity contribution in [3.63, 3.8) is 0 Å². The van der Waals surface area contributed by atoms with E-state index < -0.39 is 0 Å². The lowest BCUT2D eigenvalue weighted by molar-refractivity contribution is 0.206. The van der Waals surface area contributed by atoms with E-state index in [1.165, 1.54) is 30.4 Å². The van der Waals surface area contributed by atoms with Crippen LogP contribution in [-0.2, 0) is 19.0 Å². The average molecular weight is 256 g/mol. The molecule has 0 spiro atoms. The molecular weight excluding hydrogens is 236 g/mol. The van der Waals surface area contributed by atoms with Crippen LogP contribution in [0.25, 0.3) is 0 Å². The number of hydrogen-bond donors (Lipinski definition) is 0. The largest absolute Gasteiger partial charge is 0.327 e. The summed E-state index contributed by atoms with van der Waals surface area (Å²) in [6.07, 6.45) is 7.35. The summed E-state index contributed by atoms with van der Waals surface area (Å²) in [5.74, 6) is 0. The van der Waals surface area contributed by atoms with Gasteiger partial charge >= 0.3 is 5.69 Å². The minimum absolute atomic E-state index is 0.0818. The van der Waals surface area contributed by atoms with Crippen molar-refractivity contribution < 1.29 is 0 Å². The minimum atomic E-state index is 0.0818. The van der Waals surface area contributed by atoms with Gasteiger partial charge in [0.25, 0.3) is 0 Å². The van der Waals surface area contributed by atoms with Crippen LogP contribution in [0.3, 0.4) is 0 Å². The van der Waals surface area contributed by atoms with Crippen LogP contribution in [0.5, 0.6) is 0 Å². The Morgan fingerprint density at radius 2 is 1.84 bits per heavy atom. The second-order valence-corrected chi connectivity index (χ2v) is 5.82. The fourth-order valence-electron chi connectivity index (χ4n) is 3.01. The molecule has 1 saturated carbocycles. The highest BCUT2D eigenvalue weighted by Gasteiger charge is 2.39. The minimum Gasteiger partial charge on any atom is -0.302 e. The Kier molecular flexibility index (Phi) is 2.85. The molecule has 1 aliphatic carbocycles. The average Bonchev–Trinajstić information content (AvgIpc) is 2.67. The number of rotatable bonds is 3. The molecule has 0 bridgehead atoms. The lowest BCUT2D eigenvalue weighted by atomic mass is 9.64. The SMILES string of the molecule is Cc1ccc(C2(Cn3ccn(C)c3=O)CCC2)cc1. The highest BCUT2D eigenvalue weighted by atomic mass is 16.1. The smallest absolute Gasteiger partial charge is 0.302 e. The number of benzene rings is 1. The molecule has 1 heterocycles. The molecule has 0 radical (unpaired) electrons. The van der Waals surface area contributed by atoms with E-state index >= 15 is 0 Å². The zero-order valence-electron chi connectivity index (χ0n) is 11.6. The van der Waals surface area contributed by atoms with Gasteiger partial charge in [-0.3, -0.25) is 4.57 Å². The molecule has 0 aliphatic heterocycles. The van der Waals surface area contributed by atoms with E-state index in [1.54, 1.807) is 11.6 Å².